The van der Waals surface area contributed by atoms with Crippen molar-refractivity contribution in [3.8, 4) is 0 Å². The van der Waals surface area contributed by atoms with E-state index in [-0.39, 0.29) is 54.6 Å². The lowest BCUT2D eigenvalue weighted by Crippen LogP contribution is -2.64. The molecule has 0 aromatic rings. The number of rotatable bonds is 11. The third-order valence-corrected chi connectivity index (χ3v) is 13.6. The van der Waals surface area contributed by atoms with Gasteiger partial charge in [0.1, 0.15) is 24.0 Å². The minimum Gasteiger partial charge on any atom is -0.456 e. The second kappa shape index (κ2) is 23.8. The van der Waals surface area contributed by atoms with Crippen molar-refractivity contribution >= 4 is 23.4 Å². The van der Waals surface area contributed by atoms with Crippen molar-refractivity contribution in [3.63, 3.8) is 0 Å². The summed E-state index contributed by atoms with van der Waals surface area (Å²) in [6, 6.07) is -0.985. The number of hydrogen-bond acceptors (Lipinski definition) is 12. The van der Waals surface area contributed by atoms with Gasteiger partial charge in [-0.15, -0.1) is 6.58 Å². The normalized spacial score (nSPS) is 38.4. The van der Waals surface area contributed by atoms with Crippen LogP contribution in [0.25, 0.3) is 0 Å². The van der Waals surface area contributed by atoms with Crippen molar-refractivity contribution in [1.29, 1.82) is 0 Å². The van der Waals surface area contributed by atoms with Crippen molar-refractivity contribution in [1.82, 2.24) is 10.2 Å². The molecule has 346 valence electrons. The Kier molecular flexibility index (Phi) is 19.8. The number of piperidine rings is 1. The molecule has 0 radical (unpaired) electrons. The smallest absolute Gasteiger partial charge is 0.329 e. The highest BCUT2D eigenvalue weighted by atomic mass is 16.7. The Hall–Kier alpha value is -2.78. The van der Waals surface area contributed by atoms with Crippen molar-refractivity contribution < 1.29 is 53.1 Å². The van der Waals surface area contributed by atoms with Crippen LogP contribution in [0.15, 0.2) is 36.0 Å². The highest BCUT2D eigenvalue weighted by Gasteiger charge is 2.56. The van der Waals surface area contributed by atoms with E-state index < -0.39 is 65.9 Å². The fourth-order valence-electron chi connectivity index (χ4n) is 10.1. The van der Waals surface area contributed by atoms with Crippen LogP contribution in [-0.2, 0) is 42.9 Å². The van der Waals surface area contributed by atoms with E-state index >= 15 is 0 Å². The number of nitrogens with one attached hydrogen (secondary N) is 1. The van der Waals surface area contributed by atoms with Gasteiger partial charge in [0.2, 0.25) is 5.79 Å². The molecule has 3 fully saturated rings. The Morgan fingerprint density at radius 1 is 1.03 bits per heavy atom. The standard InChI is InChI=1S/C48H78N2O11/c1-11-21-59-40-27-35(17-18-37(40)49-28-34(8)51)25-32(6)43-31(5)16-19-39(52)36(12-2)23-29(3)22-30(4)24-41(57-9)44-42(58-10)26-33(7)48(56,61-44)45(53)46(54)50-20-14-13-15-38(50)47(55)60-43/h11,23,25,30-31,33-38,40-44,49,51,56H,1,12-22,24,26-28H2,2-10H3/b29-23+,32-25?/t30?,31?,33?,34-,35?,36?,37?,38?,40?,41?,42?,43?,44?,48?/m1/s1. The van der Waals surface area contributed by atoms with Gasteiger partial charge in [0, 0.05) is 51.6 Å². The predicted octanol–water partition coefficient (Wildman–Crippen LogP) is 6.04. The molecule has 13 unspecified atom stereocenters. The van der Waals surface area contributed by atoms with Crippen LogP contribution >= 0.6 is 0 Å². The van der Waals surface area contributed by atoms with Gasteiger partial charge >= 0.3 is 5.97 Å². The number of amides is 1. The van der Waals surface area contributed by atoms with Gasteiger partial charge in [0.15, 0.2) is 0 Å². The summed E-state index contributed by atoms with van der Waals surface area (Å²) in [5.41, 5.74) is 1.93. The fraction of sp³-hybridized carbons (Fsp3) is 0.792. The third-order valence-electron chi connectivity index (χ3n) is 13.6. The summed E-state index contributed by atoms with van der Waals surface area (Å²) in [4.78, 5) is 58.2. The molecule has 3 heterocycles. The molecule has 61 heavy (non-hydrogen) atoms. The topological polar surface area (TPSA) is 170 Å². The zero-order valence-corrected chi connectivity index (χ0v) is 38.6. The second-order valence-electron chi connectivity index (χ2n) is 18.7. The van der Waals surface area contributed by atoms with E-state index in [2.05, 4.69) is 31.0 Å². The molecule has 2 bridgehead atoms. The number of carbonyl (C=O) groups is 4. The van der Waals surface area contributed by atoms with E-state index in [1.165, 1.54) is 4.90 Å². The Bertz CT molecular complexity index is 1550. The Balaban J connectivity index is 1.71. The highest BCUT2D eigenvalue weighted by Crippen LogP contribution is 2.39. The lowest BCUT2D eigenvalue weighted by atomic mass is 9.81. The van der Waals surface area contributed by atoms with Crippen molar-refractivity contribution in [2.75, 3.05) is 33.9 Å². The maximum Gasteiger partial charge on any atom is 0.329 e. The first-order valence-electron chi connectivity index (χ1n) is 23.0. The molecule has 1 amide bonds. The molecule has 4 aliphatic rings. The van der Waals surface area contributed by atoms with Gasteiger partial charge in [-0.25, -0.2) is 4.79 Å². The fourth-order valence-corrected chi connectivity index (χ4v) is 10.1. The van der Waals surface area contributed by atoms with Gasteiger partial charge in [-0.1, -0.05) is 51.5 Å². The number of aliphatic hydroxyl groups excluding tert-OH is 1. The largest absolute Gasteiger partial charge is 0.456 e. The minimum absolute atomic E-state index is 0.0650. The van der Waals surface area contributed by atoms with Crippen LogP contribution in [0.1, 0.15) is 126 Å². The van der Waals surface area contributed by atoms with Crippen molar-refractivity contribution in [2.24, 2.45) is 29.6 Å². The molecule has 0 spiro atoms. The van der Waals surface area contributed by atoms with Crippen molar-refractivity contribution in [3.05, 3.63) is 36.0 Å². The SMILES string of the molecule is C=CCOC1CC(C=C(C)C2OC(=O)C3CCCCN3C(=O)C(=O)C3(O)OC(C(OC)CC(C)C/C(C)=C/C(CC)C(=O)CCC2C)C(OC)CC3C)CCC1NC[C@@H](C)O. The summed E-state index contributed by atoms with van der Waals surface area (Å²) in [5, 5.41) is 25.5. The molecule has 2 saturated heterocycles. The maximum absolute atomic E-state index is 14.4. The van der Waals surface area contributed by atoms with E-state index in [1.54, 1.807) is 34.1 Å². The summed E-state index contributed by atoms with van der Waals surface area (Å²) in [6.45, 7) is 18.3. The average Bonchev–Trinajstić information content (AvgIpc) is 3.24. The number of cyclic esters (lactones) is 1. The Morgan fingerprint density at radius 2 is 1.74 bits per heavy atom. The van der Waals surface area contributed by atoms with Gasteiger partial charge in [-0.2, -0.15) is 0 Å². The second-order valence-corrected chi connectivity index (χ2v) is 18.7. The molecule has 1 saturated carbocycles. The molecular formula is C48H78N2O11. The average molecular weight is 859 g/mol. The van der Waals surface area contributed by atoms with Crippen LogP contribution < -0.4 is 5.32 Å². The molecule has 14 atom stereocenters. The zero-order valence-electron chi connectivity index (χ0n) is 38.6. The quantitative estimate of drug-likeness (QED) is 0.125. The van der Waals surface area contributed by atoms with Crippen LogP contribution in [0.3, 0.4) is 0 Å². The summed E-state index contributed by atoms with van der Waals surface area (Å²) in [5.74, 6) is -6.19. The monoisotopic (exact) mass is 859 g/mol. The van der Waals surface area contributed by atoms with E-state index in [0.29, 0.717) is 70.9 Å². The molecule has 0 aromatic heterocycles. The number of allylic oxidation sites excluding steroid dienone is 3. The van der Waals surface area contributed by atoms with Gasteiger partial charge in [0.25, 0.3) is 11.7 Å². The summed E-state index contributed by atoms with van der Waals surface area (Å²) in [7, 11) is 3.11. The number of ketones is 2. The molecule has 13 nitrogen and oxygen atoms in total. The number of ether oxygens (including phenoxy) is 5. The molecule has 3 N–H and O–H groups in total. The van der Waals surface area contributed by atoms with E-state index in [4.69, 9.17) is 23.7 Å². The number of methoxy groups -OCH3 is 2. The van der Waals surface area contributed by atoms with E-state index in [0.717, 1.165) is 24.0 Å². The molecular weight excluding hydrogens is 781 g/mol. The Labute approximate surface area is 365 Å². The Morgan fingerprint density at radius 3 is 2.39 bits per heavy atom. The number of fused-ring (bicyclic) bond motifs is 3. The molecule has 4 rings (SSSR count). The van der Waals surface area contributed by atoms with Crippen LogP contribution in [-0.4, -0.2) is 127 Å². The number of nitrogens with zero attached hydrogens (tertiary/aromatic N) is 1. The zero-order chi connectivity index (χ0) is 45.0. The van der Waals surface area contributed by atoms with Gasteiger partial charge in [-0.3, -0.25) is 14.4 Å². The molecule has 1 aliphatic carbocycles. The first kappa shape index (κ1) is 50.9. The van der Waals surface area contributed by atoms with Crippen LogP contribution in [0.4, 0.5) is 0 Å². The first-order valence-corrected chi connectivity index (χ1v) is 23.0. The highest BCUT2D eigenvalue weighted by molar-refractivity contribution is 6.39. The number of carbonyl (C=O) groups excluding carboxylic acids is 4. The summed E-state index contributed by atoms with van der Waals surface area (Å²) in [6.07, 6.45) is 9.49. The lowest BCUT2D eigenvalue weighted by molar-refractivity contribution is -0.302. The van der Waals surface area contributed by atoms with Crippen LogP contribution in [0.2, 0.25) is 0 Å². The summed E-state index contributed by atoms with van der Waals surface area (Å²) < 4.78 is 30.7. The first-order chi connectivity index (χ1) is 29.0. The molecule has 0 aromatic carbocycles. The predicted molar refractivity (Wildman–Crippen MR) is 233 cm³/mol. The van der Waals surface area contributed by atoms with E-state index in [9.17, 15) is 29.4 Å². The van der Waals surface area contributed by atoms with Gasteiger partial charge in [0.05, 0.1) is 31.0 Å². The number of esters is 1. The minimum atomic E-state index is -2.47. The van der Waals surface area contributed by atoms with E-state index in [1.807, 2.05) is 27.7 Å². The number of Topliss-reactive ketones (excluding diaryl/α,β-unsaturated/α-hetero) is 2. The van der Waals surface area contributed by atoms with Gasteiger partial charge < -0.3 is 44.1 Å². The number of aliphatic hydroxyl groups is 2. The third kappa shape index (κ3) is 13.4. The van der Waals surface area contributed by atoms with Crippen LogP contribution in [0, 0.1) is 29.6 Å². The lowest BCUT2D eigenvalue weighted by Gasteiger charge is -2.47. The molecule has 3 aliphatic heterocycles. The van der Waals surface area contributed by atoms with Gasteiger partial charge in [-0.05, 0) is 115 Å². The van der Waals surface area contributed by atoms with Crippen molar-refractivity contribution in [2.45, 2.75) is 180 Å². The molecule has 13 heteroatoms. The maximum atomic E-state index is 14.4. The number of hydrogen-bond donors (Lipinski definition) is 3. The van der Waals surface area contributed by atoms with Crippen LogP contribution in [0.5, 0.6) is 0 Å². The summed E-state index contributed by atoms with van der Waals surface area (Å²) >= 11 is 0.